The summed E-state index contributed by atoms with van der Waals surface area (Å²) in [6, 6.07) is -0.111. The molecule has 17 heavy (non-hydrogen) atoms. The third kappa shape index (κ3) is 4.60. The molecular weight excluding hydrogens is 222 g/mol. The molecule has 0 aliphatic carbocycles. The first-order valence-electron chi connectivity index (χ1n) is 5.99. The van der Waals surface area contributed by atoms with Crippen LogP contribution in [-0.4, -0.2) is 68.2 Å². The Labute approximate surface area is 102 Å². The maximum Gasteiger partial charge on any atom is 0.320 e. The fraction of sp³-hybridized carbons (Fsp3) is 0.818. The van der Waals surface area contributed by atoms with Crippen LogP contribution < -0.4 is 5.32 Å². The van der Waals surface area contributed by atoms with Crippen molar-refractivity contribution < 1.29 is 14.3 Å². The number of morpholine rings is 1. The molecule has 0 aromatic rings. The predicted octanol–water partition coefficient (Wildman–Crippen LogP) is -0.103. The molecular formula is C11H21N3O3. The fourth-order valence-corrected chi connectivity index (χ4v) is 1.60. The maximum absolute atomic E-state index is 11.9. The van der Waals surface area contributed by atoms with Crippen LogP contribution in [0.1, 0.15) is 13.3 Å². The van der Waals surface area contributed by atoms with Gasteiger partial charge in [0.25, 0.3) is 0 Å². The summed E-state index contributed by atoms with van der Waals surface area (Å²) in [4.78, 5) is 26.5. The first-order chi connectivity index (χ1) is 8.15. The van der Waals surface area contributed by atoms with Gasteiger partial charge in [-0.3, -0.25) is 4.79 Å². The topological polar surface area (TPSA) is 61.9 Å². The number of rotatable bonds is 4. The molecule has 1 saturated heterocycles. The van der Waals surface area contributed by atoms with E-state index >= 15 is 0 Å². The molecule has 0 aromatic carbocycles. The second-order valence-corrected chi connectivity index (χ2v) is 4.09. The Morgan fingerprint density at radius 2 is 2.00 bits per heavy atom. The van der Waals surface area contributed by atoms with Gasteiger partial charge in [0, 0.05) is 26.7 Å². The lowest BCUT2D eigenvalue weighted by Crippen LogP contribution is -2.49. The summed E-state index contributed by atoms with van der Waals surface area (Å²) in [5.74, 6) is -0.115. The Morgan fingerprint density at radius 1 is 1.35 bits per heavy atom. The number of carbonyl (C=O) groups excluding carboxylic acids is 2. The van der Waals surface area contributed by atoms with Crippen LogP contribution in [0.15, 0.2) is 0 Å². The van der Waals surface area contributed by atoms with E-state index in [0.29, 0.717) is 32.8 Å². The monoisotopic (exact) mass is 243 g/mol. The molecule has 0 atom stereocenters. The summed E-state index contributed by atoms with van der Waals surface area (Å²) in [7, 11) is 1.64. The molecule has 1 heterocycles. The summed E-state index contributed by atoms with van der Waals surface area (Å²) in [5.41, 5.74) is 0. The van der Waals surface area contributed by atoms with E-state index in [2.05, 4.69) is 5.32 Å². The van der Waals surface area contributed by atoms with Crippen molar-refractivity contribution in [3.63, 3.8) is 0 Å². The summed E-state index contributed by atoms with van der Waals surface area (Å²) in [5, 5.41) is 2.74. The van der Waals surface area contributed by atoms with Crippen LogP contribution in [0.2, 0.25) is 0 Å². The van der Waals surface area contributed by atoms with Crippen molar-refractivity contribution in [1.29, 1.82) is 0 Å². The van der Waals surface area contributed by atoms with Gasteiger partial charge in [0.05, 0.1) is 13.2 Å². The van der Waals surface area contributed by atoms with Crippen LogP contribution in [0, 0.1) is 0 Å². The highest BCUT2D eigenvalue weighted by Gasteiger charge is 2.21. The SMILES string of the molecule is CCCNC(=O)CN(C)C(=O)N1CCOCC1. The Hall–Kier alpha value is -1.30. The average molecular weight is 243 g/mol. The molecule has 0 radical (unpaired) electrons. The number of urea groups is 1. The zero-order valence-corrected chi connectivity index (χ0v) is 10.6. The van der Waals surface area contributed by atoms with Crippen LogP contribution in [0.3, 0.4) is 0 Å². The van der Waals surface area contributed by atoms with Gasteiger partial charge in [0.2, 0.25) is 5.91 Å². The number of amides is 3. The molecule has 0 bridgehead atoms. The maximum atomic E-state index is 11.9. The van der Waals surface area contributed by atoms with Gasteiger partial charge in [-0.1, -0.05) is 6.92 Å². The van der Waals surface area contributed by atoms with Crippen LogP contribution in [0.25, 0.3) is 0 Å². The Morgan fingerprint density at radius 3 is 2.59 bits per heavy atom. The average Bonchev–Trinajstić information content (AvgIpc) is 2.36. The molecule has 1 fully saturated rings. The minimum atomic E-state index is -0.115. The molecule has 0 unspecified atom stereocenters. The Kier molecular flexibility index (Phi) is 5.76. The van der Waals surface area contributed by atoms with E-state index in [4.69, 9.17) is 4.74 Å². The van der Waals surface area contributed by atoms with E-state index in [1.165, 1.54) is 4.90 Å². The van der Waals surface area contributed by atoms with Gasteiger partial charge in [-0.25, -0.2) is 4.79 Å². The van der Waals surface area contributed by atoms with Crippen molar-refractivity contribution in [1.82, 2.24) is 15.1 Å². The molecule has 6 nitrogen and oxygen atoms in total. The van der Waals surface area contributed by atoms with Gasteiger partial charge >= 0.3 is 6.03 Å². The molecule has 6 heteroatoms. The highest BCUT2D eigenvalue weighted by atomic mass is 16.5. The summed E-state index contributed by atoms with van der Waals surface area (Å²) in [6.45, 7) is 5.08. The second kappa shape index (κ2) is 7.11. The van der Waals surface area contributed by atoms with Crippen molar-refractivity contribution in [2.75, 3.05) is 46.4 Å². The Bertz CT molecular complexity index is 265. The number of hydrogen-bond acceptors (Lipinski definition) is 3. The van der Waals surface area contributed by atoms with Crippen molar-refractivity contribution in [3.8, 4) is 0 Å². The quantitative estimate of drug-likeness (QED) is 0.750. The lowest BCUT2D eigenvalue weighted by atomic mass is 10.4. The highest BCUT2D eigenvalue weighted by molar-refractivity contribution is 5.83. The highest BCUT2D eigenvalue weighted by Crippen LogP contribution is 2.01. The van der Waals surface area contributed by atoms with Crippen molar-refractivity contribution in [2.24, 2.45) is 0 Å². The predicted molar refractivity (Wildman–Crippen MR) is 63.7 cm³/mol. The van der Waals surface area contributed by atoms with Crippen LogP contribution in [0.4, 0.5) is 4.79 Å². The largest absolute Gasteiger partial charge is 0.378 e. The van der Waals surface area contributed by atoms with E-state index in [1.54, 1.807) is 11.9 Å². The first kappa shape index (κ1) is 13.8. The number of carbonyl (C=O) groups is 2. The molecule has 1 aliphatic heterocycles. The summed E-state index contributed by atoms with van der Waals surface area (Å²) < 4.78 is 5.17. The molecule has 0 saturated carbocycles. The summed E-state index contributed by atoms with van der Waals surface area (Å²) >= 11 is 0. The minimum Gasteiger partial charge on any atom is -0.378 e. The van der Waals surface area contributed by atoms with Gasteiger partial charge in [-0.15, -0.1) is 0 Å². The molecule has 3 amide bonds. The fourth-order valence-electron chi connectivity index (χ4n) is 1.60. The lowest BCUT2D eigenvalue weighted by molar-refractivity contribution is -0.121. The second-order valence-electron chi connectivity index (χ2n) is 4.09. The molecule has 1 N–H and O–H groups in total. The van der Waals surface area contributed by atoms with E-state index in [1.807, 2.05) is 6.92 Å². The smallest absolute Gasteiger partial charge is 0.320 e. The van der Waals surface area contributed by atoms with Crippen LogP contribution in [-0.2, 0) is 9.53 Å². The van der Waals surface area contributed by atoms with Crippen LogP contribution >= 0.6 is 0 Å². The van der Waals surface area contributed by atoms with Crippen molar-refractivity contribution in [3.05, 3.63) is 0 Å². The van der Waals surface area contributed by atoms with Gasteiger partial charge in [0.1, 0.15) is 6.54 Å². The molecule has 1 aliphatic rings. The van der Waals surface area contributed by atoms with E-state index in [9.17, 15) is 9.59 Å². The number of ether oxygens (including phenoxy) is 1. The molecule has 0 spiro atoms. The number of nitrogens with zero attached hydrogens (tertiary/aromatic N) is 2. The Balaban J connectivity index is 2.32. The molecule has 0 aromatic heterocycles. The van der Waals surface area contributed by atoms with E-state index in [0.717, 1.165) is 6.42 Å². The first-order valence-corrected chi connectivity index (χ1v) is 5.99. The van der Waals surface area contributed by atoms with Crippen LogP contribution in [0.5, 0.6) is 0 Å². The van der Waals surface area contributed by atoms with Crippen molar-refractivity contribution >= 4 is 11.9 Å². The third-order valence-corrected chi connectivity index (χ3v) is 2.56. The number of likely N-dealkylation sites (N-methyl/N-ethyl adjacent to an activating group) is 1. The standard InChI is InChI=1S/C11H21N3O3/c1-3-4-12-10(15)9-13(2)11(16)14-5-7-17-8-6-14/h3-9H2,1-2H3,(H,12,15). The minimum absolute atomic E-state index is 0.107. The number of nitrogens with one attached hydrogen (secondary N) is 1. The zero-order chi connectivity index (χ0) is 12.7. The lowest BCUT2D eigenvalue weighted by Gasteiger charge is -2.30. The van der Waals surface area contributed by atoms with E-state index < -0.39 is 0 Å². The zero-order valence-electron chi connectivity index (χ0n) is 10.6. The summed E-state index contributed by atoms with van der Waals surface area (Å²) in [6.07, 6.45) is 0.896. The molecule has 1 rings (SSSR count). The number of hydrogen-bond donors (Lipinski definition) is 1. The molecule has 98 valence electrons. The van der Waals surface area contributed by atoms with Gasteiger partial charge in [-0.2, -0.15) is 0 Å². The normalized spacial score (nSPS) is 15.5. The van der Waals surface area contributed by atoms with Crippen molar-refractivity contribution in [2.45, 2.75) is 13.3 Å². The van der Waals surface area contributed by atoms with E-state index in [-0.39, 0.29) is 18.5 Å². The van der Waals surface area contributed by atoms with Gasteiger partial charge in [-0.05, 0) is 6.42 Å². The third-order valence-electron chi connectivity index (χ3n) is 2.56. The van der Waals surface area contributed by atoms with Gasteiger partial charge < -0.3 is 19.9 Å². The van der Waals surface area contributed by atoms with Gasteiger partial charge in [0.15, 0.2) is 0 Å².